The van der Waals surface area contributed by atoms with E-state index in [1.165, 1.54) is 4.90 Å². The maximum atomic E-state index is 13.2. The molecular weight excluding hydrogens is 532 g/mol. The average Bonchev–Trinajstić information content (AvgIpc) is 3.21. The number of primary amides is 1. The quantitative estimate of drug-likeness (QED) is 0.381. The summed E-state index contributed by atoms with van der Waals surface area (Å²) in [6.45, 7) is 5.87. The zero-order valence-corrected chi connectivity index (χ0v) is 23.8. The van der Waals surface area contributed by atoms with Crippen molar-refractivity contribution in [3.05, 3.63) is 57.7 Å². The first-order valence-electron chi connectivity index (χ1n) is 13.4. The number of carbonyl (C=O) groups excluding carboxylic acids is 3. The first kappa shape index (κ1) is 29.3. The molecule has 0 radical (unpaired) electrons. The fourth-order valence-corrected chi connectivity index (χ4v) is 5.82. The van der Waals surface area contributed by atoms with Gasteiger partial charge in [0.05, 0.1) is 23.4 Å². The summed E-state index contributed by atoms with van der Waals surface area (Å²) in [5, 5.41) is 12.0. The van der Waals surface area contributed by atoms with Gasteiger partial charge in [0.2, 0.25) is 11.8 Å². The Hall–Kier alpha value is -3.70. The van der Waals surface area contributed by atoms with Crippen LogP contribution in [0.25, 0.3) is 21.3 Å². The van der Waals surface area contributed by atoms with Crippen LogP contribution in [0.4, 0.5) is 4.79 Å². The molecule has 214 valence electrons. The molecule has 3 amide bonds. The first-order chi connectivity index (χ1) is 19.0. The summed E-state index contributed by atoms with van der Waals surface area (Å²) < 4.78 is 7.88. The van der Waals surface area contributed by atoms with Gasteiger partial charge in [0, 0.05) is 13.0 Å². The summed E-state index contributed by atoms with van der Waals surface area (Å²) in [5.74, 6) is -1.09. The summed E-state index contributed by atoms with van der Waals surface area (Å²) in [5.41, 5.74) is 8.41. The zero-order chi connectivity index (χ0) is 29.0. The van der Waals surface area contributed by atoms with E-state index in [1.807, 2.05) is 42.5 Å². The smallest absolute Gasteiger partial charge is 0.410 e. The van der Waals surface area contributed by atoms with Crippen molar-refractivity contribution in [2.45, 2.75) is 70.7 Å². The molecule has 2 aromatic carbocycles. The summed E-state index contributed by atoms with van der Waals surface area (Å²) in [7, 11) is 0. The number of aliphatic hydroxyl groups excluding tert-OH is 1. The number of benzene rings is 2. The van der Waals surface area contributed by atoms with Gasteiger partial charge in [-0.15, -0.1) is 0 Å². The standard InChI is InChI=1S/C29H36N4O6S/c1-29(2,3)39-27(37)32-13-5-4-6-23(32)26(36)31-21(25(30)35)16-18-7-9-19(10-8-18)20-11-12-22-24(17-20)40-28(38)33(22)14-15-34/h7-12,17,21,23,34H,4-6,13-16H2,1-3H3,(H2,30,35)(H,31,36)/t21-,23-/m0/s1. The molecule has 3 aromatic rings. The lowest BCUT2D eigenvalue weighted by atomic mass is 9.99. The number of rotatable bonds is 8. The number of nitrogens with one attached hydrogen (secondary N) is 1. The number of hydrogen-bond acceptors (Lipinski definition) is 7. The molecule has 0 spiro atoms. The van der Waals surface area contributed by atoms with Gasteiger partial charge in [-0.3, -0.25) is 23.9 Å². The van der Waals surface area contributed by atoms with Crippen LogP contribution in [0.2, 0.25) is 0 Å². The SMILES string of the molecule is CC(C)(C)OC(=O)N1CCCC[C@H]1C(=O)N[C@@H](Cc1ccc(-c2ccc3c(c2)sc(=O)n3CCO)cc1)C(N)=O. The molecule has 0 bridgehead atoms. The molecule has 1 aromatic heterocycles. The molecule has 40 heavy (non-hydrogen) atoms. The van der Waals surface area contributed by atoms with Crippen LogP contribution in [0.5, 0.6) is 0 Å². The Morgan fingerprint density at radius 3 is 2.48 bits per heavy atom. The Balaban J connectivity index is 1.45. The third-order valence-corrected chi connectivity index (χ3v) is 7.75. The summed E-state index contributed by atoms with van der Waals surface area (Å²) >= 11 is 1.14. The molecular formula is C29H36N4O6S. The lowest BCUT2D eigenvalue weighted by molar-refractivity contribution is -0.131. The van der Waals surface area contributed by atoms with Gasteiger partial charge in [0.15, 0.2) is 0 Å². The van der Waals surface area contributed by atoms with Crippen molar-refractivity contribution >= 4 is 39.5 Å². The molecule has 1 aliphatic heterocycles. The molecule has 0 aliphatic carbocycles. The van der Waals surface area contributed by atoms with Gasteiger partial charge in [-0.05, 0) is 68.9 Å². The van der Waals surface area contributed by atoms with E-state index in [0.717, 1.165) is 51.1 Å². The summed E-state index contributed by atoms with van der Waals surface area (Å²) in [6, 6.07) is 11.6. The second kappa shape index (κ2) is 12.2. The van der Waals surface area contributed by atoms with Crippen LogP contribution < -0.4 is 15.9 Å². The molecule has 2 heterocycles. The Labute approximate surface area is 236 Å². The van der Waals surface area contributed by atoms with Gasteiger partial charge >= 0.3 is 11.0 Å². The van der Waals surface area contributed by atoms with Gasteiger partial charge < -0.3 is 20.9 Å². The Morgan fingerprint density at radius 2 is 1.82 bits per heavy atom. The van der Waals surface area contributed by atoms with Gasteiger partial charge in [0.25, 0.3) is 0 Å². The second-order valence-corrected chi connectivity index (χ2v) is 12.0. The van der Waals surface area contributed by atoms with Crippen molar-refractivity contribution in [3.8, 4) is 11.1 Å². The summed E-state index contributed by atoms with van der Waals surface area (Å²) in [6.07, 6.45) is 1.69. The number of fused-ring (bicyclic) bond motifs is 1. The average molecular weight is 569 g/mol. The van der Waals surface area contributed by atoms with Gasteiger partial charge in [-0.2, -0.15) is 0 Å². The van der Waals surface area contributed by atoms with Gasteiger partial charge in [0.1, 0.15) is 17.7 Å². The van der Waals surface area contributed by atoms with Crippen molar-refractivity contribution in [2.24, 2.45) is 5.73 Å². The topological polar surface area (TPSA) is 144 Å². The monoisotopic (exact) mass is 568 g/mol. The molecule has 1 aliphatic rings. The third kappa shape index (κ3) is 6.89. The summed E-state index contributed by atoms with van der Waals surface area (Å²) in [4.78, 5) is 51.7. The minimum Gasteiger partial charge on any atom is -0.444 e. The van der Waals surface area contributed by atoms with Crippen molar-refractivity contribution in [2.75, 3.05) is 13.2 Å². The lowest BCUT2D eigenvalue weighted by Gasteiger charge is -2.36. The number of amides is 3. The Kier molecular flexibility index (Phi) is 8.95. The highest BCUT2D eigenvalue weighted by molar-refractivity contribution is 7.16. The van der Waals surface area contributed by atoms with Gasteiger partial charge in [-0.25, -0.2) is 4.79 Å². The van der Waals surface area contributed by atoms with Crippen LogP contribution >= 0.6 is 11.3 Å². The number of hydrogen-bond donors (Lipinski definition) is 3. The van der Waals surface area contributed by atoms with Crippen molar-refractivity contribution in [1.29, 1.82) is 0 Å². The molecule has 2 atom stereocenters. The normalized spacial score (nSPS) is 16.5. The molecule has 1 fully saturated rings. The molecule has 11 heteroatoms. The molecule has 1 saturated heterocycles. The predicted octanol–water partition coefficient (Wildman–Crippen LogP) is 3.02. The van der Waals surface area contributed by atoms with Crippen LogP contribution in [0.15, 0.2) is 47.3 Å². The number of nitrogens with two attached hydrogens (primary N) is 1. The third-order valence-electron chi connectivity index (χ3n) is 6.81. The number of thiazole rings is 1. The number of aliphatic hydroxyl groups is 1. The highest BCUT2D eigenvalue weighted by atomic mass is 32.1. The number of piperidine rings is 1. The van der Waals surface area contributed by atoms with Crippen molar-refractivity contribution in [3.63, 3.8) is 0 Å². The van der Waals surface area contributed by atoms with Crippen molar-refractivity contribution < 1.29 is 24.2 Å². The molecule has 4 N–H and O–H groups in total. The highest BCUT2D eigenvalue weighted by Gasteiger charge is 2.36. The number of aromatic nitrogens is 1. The lowest BCUT2D eigenvalue weighted by Crippen LogP contribution is -2.56. The van der Waals surface area contributed by atoms with Gasteiger partial charge in [-0.1, -0.05) is 41.7 Å². The van der Waals surface area contributed by atoms with E-state index in [-0.39, 0.29) is 24.4 Å². The maximum Gasteiger partial charge on any atom is 0.410 e. The van der Waals surface area contributed by atoms with E-state index in [9.17, 15) is 24.3 Å². The van der Waals surface area contributed by atoms with Crippen LogP contribution in [0, 0.1) is 0 Å². The fraction of sp³-hybridized carbons (Fsp3) is 0.448. The first-order valence-corrected chi connectivity index (χ1v) is 14.2. The molecule has 4 rings (SSSR count). The number of ether oxygens (including phenoxy) is 1. The zero-order valence-electron chi connectivity index (χ0n) is 23.0. The van der Waals surface area contributed by atoms with Crippen LogP contribution in [0.3, 0.4) is 0 Å². The fourth-order valence-electron chi connectivity index (χ4n) is 4.86. The van der Waals surface area contributed by atoms with E-state index < -0.39 is 35.6 Å². The Bertz CT molecular complexity index is 1440. The van der Waals surface area contributed by atoms with E-state index in [4.69, 9.17) is 10.5 Å². The number of carbonyl (C=O) groups is 3. The largest absolute Gasteiger partial charge is 0.444 e. The van der Waals surface area contributed by atoms with Crippen LogP contribution in [0.1, 0.15) is 45.6 Å². The number of nitrogens with zero attached hydrogens (tertiary/aromatic N) is 2. The molecule has 0 saturated carbocycles. The van der Waals surface area contributed by atoms with E-state index in [0.29, 0.717) is 13.0 Å². The van der Waals surface area contributed by atoms with E-state index >= 15 is 0 Å². The second-order valence-electron chi connectivity index (χ2n) is 11.0. The predicted molar refractivity (Wildman–Crippen MR) is 154 cm³/mol. The molecule has 0 unspecified atom stereocenters. The van der Waals surface area contributed by atoms with E-state index in [1.54, 1.807) is 25.3 Å². The van der Waals surface area contributed by atoms with Crippen molar-refractivity contribution in [1.82, 2.24) is 14.8 Å². The highest BCUT2D eigenvalue weighted by Crippen LogP contribution is 2.27. The minimum atomic E-state index is -0.944. The molecule has 10 nitrogen and oxygen atoms in total. The van der Waals surface area contributed by atoms with Crippen LogP contribution in [-0.4, -0.2) is 63.3 Å². The minimum absolute atomic E-state index is 0.107. The van der Waals surface area contributed by atoms with E-state index in [2.05, 4.69) is 5.32 Å². The Morgan fingerprint density at radius 1 is 1.12 bits per heavy atom. The number of likely N-dealkylation sites (tertiary alicyclic amines) is 1. The van der Waals surface area contributed by atoms with Crippen LogP contribution in [-0.2, 0) is 27.3 Å². The maximum absolute atomic E-state index is 13.2.